The zero-order valence-corrected chi connectivity index (χ0v) is 13.6. The Kier molecular flexibility index (Phi) is 3.45. The normalized spacial score (nSPS) is 25.5. The first kappa shape index (κ1) is 15.6. The number of fused-ring (bicyclic) bond motifs is 3. The van der Waals surface area contributed by atoms with Crippen LogP contribution < -0.4 is 4.90 Å². The number of aryl methyl sites for hydroxylation is 1. The highest BCUT2D eigenvalue weighted by molar-refractivity contribution is 5.50. The van der Waals surface area contributed by atoms with Crippen LogP contribution in [0.3, 0.4) is 0 Å². The average Bonchev–Trinajstić information content (AvgIpc) is 3.02. The van der Waals surface area contributed by atoms with Gasteiger partial charge in [0.1, 0.15) is 5.82 Å². The molecular weight excluding hydrogens is 321 g/mol. The molecule has 2 aliphatic rings. The Morgan fingerprint density at radius 3 is 2.62 bits per heavy atom. The van der Waals surface area contributed by atoms with Gasteiger partial charge in [0.2, 0.25) is 0 Å². The van der Waals surface area contributed by atoms with Crippen LogP contribution in [0.5, 0.6) is 0 Å². The van der Waals surface area contributed by atoms with Crippen molar-refractivity contribution in [3.63, 3.8) is 0 Å². The summed E-state index contributed by atoms with van der Waals surface area (Å²) in [6.45, 7) is 3.67. The van der Waals surface area contributed by atoms with Crippen LogP contribution in [0.1, 0.15) is 30.8 Å². The first-order valence-electron chi connectivity index (χ1n) is 8.11. The smallest absolute Gasteiger partial charge is 0.349 e. The van der Waals surface area contributed by atoms with Crippen molar-refractivity contribution < 1.29 is 13.2 Å². The lowest BCUT2D eigenvalue weighted by Gasteiger charge is -2.30. The lowest BCUT2D eigenvalue weighted by Crippen LogP contribution is -2.39. The minimum atomic E-state index is -4.57. The number of hydrogen-bond donors (Lipinski definition) is 0. The lowest BCUT2D eigenvalue weighted by molar-refractivity contribution is -0.144. The predicted octanol–water partition coefficient (Wildman–Crippen LogP) is 2.12. The van der Waals surface area contributed by atoms with Crippen molar-refractivity contribution in [1.82, 2.24) is 24.5 Å². The highest BCUT2D eigenvalue weighted by Crippen LogP contribution is 2.35. The first-order valence-corrected chi connectivity index (χ1v) is 8.11. The van der Waals surface area contributed by atoms with Gasteiger partial charge in [0.25, 0.3) is 11.6 Å². The van der Waals surface area contributed by atoms with Crippen LogP contribution in [0, 0.1) is 6.92 Å². The van der Waals surface area contributed by atoms with Crippen LogP contribution in [-0.4, -0.2) is 56.7 Å². The van der Waals surface area contributed by atoms with Crippen molar-refractivity contribution in [3.8, 4) is 0 Å². The molecule has 130 valence electrons. The largest absolute Gasteiger partial charge is 0.453 e. The summed E-state index contributed by atoms with van der Waals surface area (Å²) in [6, 6.07) is 2.42. The van der Waals surface area contributed by atoms with E-state index in [0.29, 0.717) is 17.6 Å². The molecular formula is C15H19F3N6. The molecule has 2 aromatic heterocycles. The highest BCUT2D eigenvalue weighted by atomic mass is 19.4. The molecule has 4 heterocycles. The second-order valence-electron chi connectivity index (χ2n) is 6.74. The monoisotopic (exact) mass is 340 g/mol. The summed E-state index contributed by atoms with van der Waals surface area (Å²) in [4.78, 5) is 12.2. The molecule has 0 saturated carbocycles. The van der Waals surface area contributed by atoms with Crippen molar-refractivity contribution in [3.05, 3.63) is 17.6 Å². The van der Waals surface area contributed by atoms with Crippen molar-refractivity contribution in [1.29, 1.82) is 0 Å². The van der Waals surface area contributed by atoms with Gasteiger partial charge in [0.15, 0.2) is 0 Å². The molecule has 2 saturated heterocycles. The third-order valence-corrected chi connectivity index (χ3v) is 4.93. The summed E-state index contributed by atoms with van der Waals surface area (Å²) in [5.41, 5.74) is 0.649. The zero-order valence-electron chi connectivity index (χ0n) is 13.6. The number of likely N-dealkylation sites (N-methyl/N-ethyl adjacent to an activating group) is 1. The fourth-order valence-electron chi connectivity index (χ4n) is 3.89. The Labute approximate surface area is 137 Å². The maximum Gasteiger partial charge on any atom is 0.453 e. The van der Waals surface area contributed by atoms with Crippen molar-refractivity contribution in [2.24, 2.45) is 0 Å². The number of rotatable bonds is 1. The molecule has 0 aromatic carbocycles. The summed E-state index contributed by atoms with van der Waals surface area (Å²) in [7, 11) is 2.09. The topological polar surface area (TPSA) is 49.6 Å². The summed E-state index contributed by atoms with van der Waals surface area (Å²) < 4.78 is 40.2. The Morgan fingerprint density at radius 1 is 1.12 bits per heavy atom. The van der Waals surface area contributed by atoms with Crippen molar-refractivity contribution in [2.75, 3.05) is 25.0 Å². The first-order chi connectivity index (χ1) is 11.3. The van der Waals surface area contributed by atoms with Crippen LogP contribution in [0.15, 0.2) is 6.07 Å². The molecule has 9 heteroatoms. The Balaban J connectivity index is 1.85. The van der Waals surface area contributed by atoms with E-state index in [4.69, 9.17) is 0 Å². The van der Waals surface area contributed by atoms with E-state index >= 15 is 0 Å². The number of alkyl halides is 3. The van der Waals surface area contributed by atoms with E-state index in [1.54, 1.807) is 6.92 Å². The molecule has 6 nitrogen and oxygen atoms in total. The summed E-state index contributed by atoms with van der Waals surface area (Å²) in [5.74, 6) is -0.459. The van der Waals surface area contributed by atoms with Crippen LogP contribution in [-0.2, 0) is 6.18 Å². The third-order valence-electron chi connectivity index (χ3n) is 4.93. The fourth-order valence-corrected chi connectivity index (χ4v) is 3.89. The Morgan fingerprint density at radius 2 is 1.88 bits per heavy atom. The number of hydrogen-bond acceptors (Lipinski definition) is 5. The molecule has 4 rings (SSSR count). The third kappa shape index (κ3) is 2.51. The van der Waals surface area contributed by atoms with E-state index in [-0.39, 0.29) is 11.8 Å². The van der Waals surface area contributed by atoms with E-state index in [2.05, 4.69) is 31.9 Å². The summed E-state index contributed by atoms with van der Waals surface area (Å²) >= 11 is 0. The minimum Gasteiger partial charge on any atom is -0.349 e. The van der Waals surface area contributed by atoms with Gasteiger partial charge >= 0.3 is 6.18 Å². The van der Waals surface area contributed by atoms with E-state index in [1.165, 1.54) is 4.52 Å². The molecule has 2 aromatic rings. The summed E-state index contributed by atoms with van der Waals surface area (Å²) in [6.07, 6.45) is -1.48. The molecule has 1 unspecified atom stereocenters. The molecule has 24 heavy (non-hydrogen) atoms. The standard InChI is InChI=1S/C15H19F3N6/c1-9-7-12(23-10-3-4-11(23)8-22(2)6-5-10)24-14(19-9)20-13(21-24)15(16,17)18/h7,10-11H,3-6,8H2,1-2H3/t10?,11-/m1/s1. The molecule has 2 atom stereocenters. The molecule has 0 aliphatic carbocycles. The molecule has 0 N–H and O–H groups in total. The van der Waals surface area contributed by atoms with Gasteiger partial charge in [0.05, 0.1) is 0 Å². The Bertz CT molecular complexity index is 770. The van der Waals surface area contributed by atoms with Gasteiger partial charge in [-0.05, 0) is 39.8 Å². The Hall–Kier alpha value is -1.90. The number of aromatic nitrogens is 4. The molecule has 0 spiro atoms. The van der Waals surface area contributed by atoms with Crippen LogP contribution >= 0.6 is 0 Å². The SMILES string of the molecule is Cc1cc(N2C3CC[C@@H]2CN(C)CC3)n2nc(C(F)(F)F)nc2n1. The van der Waals surface area contributed by atoms with Gasteiger partial charge in [0, 0.05) is 30.4 Å². The predicted molar refractivity (Wildman–Crippen MR) is 81.9 cm³/mol. The van der Waals surface area contributed by atoms with Crippen LogP contribution in [0.2, 0.25) is 0 Å². The van der Waals surface area contributed by atoms with Gasteiger partial charge in [-0.25, -0.2) is 4.98 Å². The zero-order chi connectivity index (χ0) is 17.1. The highest BCUT2D eigenvalue weighted by Gasteiger charge is 2.40. The number of anilines is 1. The second-order valence-corrected chi connectivity index (χ2v) is 6.74. The quantitative estimate of drug-likeness (QED) is 0.796. The molecule has 0 amide bonds. The molecule has 2 bridgehead atoms. The number of halogens is 3. The van der Waals surface area contributed by atoms with Gasteiger partial charge in [-0.3, -0.25) is 0 Å². The fraction of sp³-hybridized carbons (Fsp3) is 0.667. The van der Waals surface area contributed by atoms with Crippen LogP contribution in [0.4, 0.5) is 19.0 Å². The average molecular weight is 340 g/mol. The maximum atomic E-state index is 13.0. The second kappa shape index (κ2) is 5.30. The summed E-state index contributed by atoms with van der Waals surface area (Å²) in [5, 5.41) is 3.71. The molecule has 2 aliphatic heterocycles. The van der Waals surface area contributed by atoms with E-state index in [1.807, 2.05) is 6.07 Å². The van der Waals surface area contributed by atoms with Gasteiger partial charge < -0.3 is 9.80 Å². The van der Waals surface area contributed by atoms with Gasteiger partial charge in [-0.1, -0.05) is 0 Å². The van der Waals surface area contributed by atoms with Crippen molar-refractivity contribution in [2.45, 2.75) is 44.4 Å². The minimum absolute atomic E-state index is 0.00864. The van der Waals surface area contributed by atoms with E-state index < -0.39 is 12.0 Å². The number of nitrogens with zero attached hydrogens (tertiary/aromatic N) is 6. The number of likely N-dealkylation sites (tertiary alicyclic amines) is 1. The van der Waals surface area contributed by atoms with Crippen LogP contribution in [0.25, 0.3) is 5.78 Å². The van der Waals surface area contributed by atoms with Gasteiger partial charge in [-0.2, -0.15) is 22.7 Å². The maximum absolute atomic E-state index is 13.0. The van der Waals surface area contributed by atoms with Gasteiger partial charge in [-0.15, -0.1) is 5.10 Å². The van der Waals surface area contributed by atoms with Crippen molar-refractivity contribution >= 4 is 11.6 Å². The van der Waals surface area contributed by atoms with E-state index in [9.17, 15) is 13.2 Å². The molecule has 2 fully saturated rings. The van der Waals surface area contributed by atoms with E-state index in [0.717, 1.165) is 32.4 Å². The molecule has 0 radical (unpaired) electrons. The lowest BCUT2D eigenvalue weighted by atomic mass is 10.1.